The molecule has 0 N–H and O–H groups in total. The Morgan fingerprint density at radius 2 is 1.18 bits per heavy atom. The summed E-state index contributed by atoms with van der Waals surface area (Å²) in [6.07, 6.45) is 0. The zero-order chi connectivity index (χ0) is 30.9. The molecule has 10 heteroatoms. The number of hydrogen-bond acceptors (Lipinski definition) is 5. The minimum Gasteiger partial charge on any atom is -0.268 e. The molecule has 7 rings (SSSR count). The number of nitriles is 1. The highest BCUT2D eigenvalue weighted by Gasteiger charge is 2.42. The Morgan fingerprint density at radius 1 is 0.614 bits per heavy atom. The quantitative estimate of drug-likeness (QED) is 0.172. The van der Waals surface area contributed by atoms with Crippen LogP contribution in [0.2, 0.25) is 0 Å². The Labute approximate surface area is 247 Å². The van der Waals surface area contributed by atoms with Gasteiger partial charge in [0, 0.05) is 33.2 Å². The number of hydrogen-bond donors (Lipinski definition) is 0. The molecule has 5 aromatic rings. The Balaban J connectivity index is 1.53. The molecular weight excluding hydrogens is 566 g/mol. The van der Waals surface area contributed by atoms with Crippen LogP contribution < -0.4 is 9.80 Å². The number of benzene rings is 5. The molecule has 208 valence electrons. The van der Waals surface area contributed by atoms with Crippen LogP contribution in [0.25, 0.3) is 26.7 Å². The molecule has 0 atom stereocenters. The summed E-state index contributed by atoms with van der Waals surface area (Å²) in [5.41, 5.74) is 1.04. The van der Waals surface area contributed by atoms with E-state index in [1.807, 2.05) is 6.07 Å². The van der Waals surface area contributed by atoms with Gasteiger partial charge in [0.2, 0.25) is 0 Å². The SMILES string of the molecule is [C-]#[N+]c1ccc(N2C(=O)c3ccc4c5c(cc(-c6ccc(F)c(F)c6)c(c35)C2=O)C(=O)N(c2ccc(C#N)cc2)C4=O)cc1. The fourth-order valence-corrected chi connectivity index (χ4v) is 5.69. The monoisotopic (exact) mass is 580 g/mol. The molecule has 0 saturated heterocycles. The number of anilines is 2. The van der Waals surface area contributed by atoms with Crippen molar-refractivity contribution in [3.63, 3.8) is 0 Å². The predicted octanol–water partition coefficient (Wildman–Crippen LogP) is 6.81. The maximum absolute atomic E-state index is 14.5. The van der Waals surface area contributed by atoms with E-state index >= 15 is 0 Å². The lowest BCUT2D eigenvalue weighted by atomic mass is 9.81. The number of nitrogens with zero attached hydrogens (tertiary/aromatic N) is 4. The minimum atomic E-state index is -1.19. The molecule has 0 unspecified atom stereocenters. The van der Waals surface area contributed by atoms with Gasteiger partial charge in [-0.1, -0.05) is 18.2 Å². The molecule has 2 heterocycles. The normalized spacial score (nSPS) is 13.7. The van der Waals surface area contributed by atoms with Crippen molar-refractivity contribution in [3.8, 4) is 17.2 Å². The summed E-state index contributed by atoms with van der Waals surface area (Å²) in [5.74, 6) is -5.32. The molecule has 0 saturated carbocycles. The average Bonchev–Trinajstić information content (AvgIpc) is 3.04. The van der Waals surface area contributed by atoms with Crippen molar-refractivity contribution in [2.45, 2.75) is 0 Å². The van der Waals surface area contributed by atoms with Gasteiger partial charge in [-0.25, -0.2) is 23.4 Å². The van der Waals surface area contributed by atoms with E-state index < -0.39 is 35.3 Å². The van der Waals surface area contributed by atoms with Gasteiger partial charge in [-0.05, 0) is 77.9 Å². The van der Waals surface area contributed by atoms with Crippen LogP contribution in [0.5, 0.6) is 0 Å². The van der Waals surface area contributed by atoms with Crippen LogP contribution in [0.3, 0.4) is 0 Å². The van der Waals surface area contributed by atoms with Crippen LogP contribution in [0, 0.1) is 29.5 Å². The first-order valence-electron chi connectivity index (χ1n) is 13.1. The zero-order valence-corrected chi connectivity index (χ0v) is 22.3. The highest BCUT2D eigenvalue weighted by molar-refractivity contribution is 6.43. The van der Waals surface area contributed by atoms with E-state index in [1.54, 1.807) is 0 Å². The summed E-state index contributed by atoms with van der Waals surface area (Å²) < 4.78 is 28.5. The predicted molar refractivity (Wildman–Crippen MR) is 155 cm³/mol. The van der Waals surface area contributed by atoms with Crippen molar-refractivity contribution < 1.29 is 28.0 Å². The fraction of sp³-hybridized carbons (Fsp3) is 0. The van der Waals surface area contributed by atoms with Crippen molar-refractivity contribution >= 4 is 51.5 Å². The number of rotatable bonds is 3. The average molecular weight is 581 g/mol. The summed E-state index contributed by atoms with van der Waals surface area (Å²) in [7, 11) is 0. The Kier molecular flexibility index (Phi) is 5.70. The van der Waals surface area contributed by atoms with Crippen molar-refractivity contribution in [3.05, 3.63) is 136 Å². The van der Waals surface area contributed by atoms with E-state index in [-0.39, 0.29) is 61.2 Å². The molecule has 5 aromatic carbocycles. The highest BCUT2D eigenvalue weighted by Crippen LogP contribution is 2.44. The van der Waals surface area contributed by atoms with Gasteiger partial charge in [0.1, 0.15) is 0 Å². The van der Waals surface area contributed by atoms with Gasteiger partial charge in [0.05, 0.1) is 29.5 Å². The Hall–Kier alpha value is -6.52. The van der Waals surface area contributed by atoms with E-state index in [0.29, 0.717) is 5.56 Å². The number of amides is 4. The lowest BCUT2D eigenvalue weighted by Gasteiger charge is -2.33. The van der Waals surface area contributed by atoms with Gasteiger partial charge in [-0.2, -0.15) is 5.26 Å². The molecule has 8 nitrogen and oxygen atoms in total. The molecule has 0 spiro atoms. The van der Waals surface area contributed by atoms with Crippen LogP contribution in [-0.4, -0.2) is 23.6 Å². The molecule has 2 aliphatic heterocycles. The number of carbonyl (C=O) groups excluding carboxylic acids is 4. The van der Waals surface area contributed by atoms with Crippen LogP contribution >= 0.6 is 0 Å². The van der Waals surface area contributed by atoms with Gasteiger partial charge >= 0.3 is 0 Å². The van der Waals surface area contributed by atoms with Crippen molar-refractivity contribution in [2.75, 3.05) is 9.80 Å². The fourth-order valence-electron chi connectivity index (χ4n) is 5.69. The number of imide groups is 2. The second-order valence-electron chi connectivity index (χ2n) is 10.1. The first kappa shape index (κ1) is 26.4. The molecule has 0 aromatic heterocycles. The van der Waals surface area contributed by atoms with Crippen molar-refractivity contribution in [2.24, 2.45) is 0 Å². The summed E-state index contributed by atoms with van der Waals surface area (Å²) in [6, 6.07) is 20.7. The Morgan fingerprint density at radius 3 is 1.77 bits per heavy atom. The van der Waals surface area contributed by atoms with E-state index in [0.717, 1.165) is 21.9 Å². The van der Waals surface area contributed by atoms with E-state index in [9.17, 15) is 33.2 Å². The molecule has 2 aliphatic rings. The van der Waals surface area contributed by atoms with E-state index in [2.05, 4.69) is 4.85 Å². The molecule has 0 bridgehead atoms. The lowest BCUT2D eigenvalue weighted by molar-refractivity contribution is 0.0873. The molecule has 0 aliphatic carbocycles. The maximum atomic E-state index is 14.5. The van der Waals surface area contributed by atoms with Crippen LogP contribution in [0.1, 0.15) is 47.0 Å². The standard InChI is InChI=1S/C34H14F2N4O4/c1-38-19-5-9-21(10-6-19)40-32(42)23-12-11-22-28-25(33(43)39(31(22)41)20-7-2-17(16-37)3-8-20)15-24(30(29(23)28)34(40)44)18-4-13-26(35)27(36)14-18/h2-15H. The first-order chi connectivity index (χ1) is 21.2. The van der Waals surface area contributed by atoms with Gasteiger partial charge < -0.3 is 0 Å². The topological polar surface area (TPSA) is 103 Å². The summed E-state index contributed by atoms with van der Waals surface area (Å²) in [6.45, 7) is 7.20. The second kappa shape index (κ2) is 9.51. The van der Waals surface area contributed by atoms with Crippen molar-refractivity contribution in [1.82, 2.24) is 0 Å². The van der Waals surface area contributed by atoms with Gasteiger partial charge in [-0.15, -0.1) is 0 Å². The molecular formula is C34H14F2N4O4. The van der Waals surface area contributed by atoms with E-state index in [4.69, 9.17) is 6.57 Å². The van der Waals surface area contributed by atoms with Gasteiger partial charge in [-0.3, -0.25) is 19.2 Å². The maximum Gasteiger partial charge on any atom is 0.266 e. The summed E-state index contributed by atoms with van der Waals surface area (Å²) in [5, 5.41) is 9.31. The lowest BCUT2D eigenvalue weighted by Crippen LogP contribution is -2.43. The third kappa shape index (κ3) is 3.65. The third-order valence-electron chi connectivity index (χ3n) is 7.72. The smallest absolute Gasteiger partial charge is 0.266 e. The summed E-state index contributed by atoms with van der Waals surface area (Å²) >= 11 is 0. The molecule has 4 amide bonds. The Bertz CT molecular complexity index is 2250. The van der Waals surface area contributed by atoms with Crippen LogP contribution in [0.15, 0.2) is 84.9 Å². The van der Waals surface area contributed by atoms with Crippen LogP contribution in [0.4, 0.5) is 25.8 Å². The molecule has 0 fully saturated rings. The largest absolute Gasteiger partial charge is 0.268 e. The van der Waals surface area contributed by atoms with Gasteiger partial charge in [0.25, 0.3) is 23.6 Å². The van der Waals surface area contributed by atoms with Gasteiger partial charge in [0.15, 0.2) is 17.3 Å². The molecule has 44 heavy (non-hydrogen) atoms. The van der Waals surface area contributed by atoms with Crippen molar-refractivity contribution in [1.29, 1.82) is 5.26 Å². The second-order valence-corrected chi connectivity index (χ2v) is 10.1. The first-order valence-corrected chi connectivity index (χ1v) is 13.1. The van der Waals surface area contributed by atoms with E-state index in [1.165, 1.54) is 72.8 Å². The summed E-state index contributed by atoms with van der Waals surface area (Å²) in [4.78, 5) is 61.1. The van der Waals surface area contributed by atoms with Crippen LogP contribution in [-0.2, 0) is 0 Å². The molecule has 0 radical (unpaired) electrons. The minimum absolute atomic E-state index is 0.0192. The third-order valence-corrected chi connectivity index (χ3v) is 7.72. The number of halogens is 2. The zero-order valence-electron chi connectivity index (χ0n) is 22.3. The highest BCUT2D eigenvalue weighted by atomic mass is 19.2. The number of carbonyl (C=O) groups is 4.